The fraction of sp³-hybridized carbons (Fsp3) is 0.261. The highest BCUT2D eigenvalue weighted by Crippen LogP contribution is 2.33. The maximum atomic E-state index is 12.7. The Hall–Kier alpha value is -2.35. The van der Waals surface area contributed by atoms with Crippen LogP contribution in [0, 0.1) is 0 Å². The highest BCUT2D eigenvalue weighted by molar-refractivity contribution is 8.26. The van der Waals surface area contributed by atoms with Crippen molar-refractivity contribution in [2.75, 3.05) is 19.0 Å². The zero-order chi connectivity index (χ0) is 22.2. The molecule has 0 spiro atoms. The van der Waals surface area contributed by atoms with Crippen LogP contribution in [0.1, 0.15) is 31.2 Å². The minimum absolute atomic E-state index is 0.0673. The summed E-state index contributed by atoms with van der Waals surface area (Å²) in [6.45, 7) is 0.552. The smallest absolute Gasteiger partial charge is 0.266 e. The van der Waals surface area contributed by atoms with Crippen LogP contribution < -0.4 is 10.1 Å². The van der Waals surface area contributed by atoms with Crippen molar-refractivity contribution in [1.82, 2.24) is 4.90 Å². The molecule has 0 unspecified atom stereocenters. The number of methoxy groups -OCH3 is 1. The quantitative estimate of drug-likeness (QED) is 0.285. The van der Waals surface area contributed by atoms with Gasteiger partial charge in [-0.25, -0.2) is 0 Å². The van der Waals surface area contributed by atoms with Gasteiger partial charge in [-0.05, 0) is 48.7 Å². The van der Waals surface area contributed by atoms with Crippen molar-refractivity contribution < 1.29 is 14.3 Å². The van der Waals surface area contributed by atoms with Crippen LogP contribution in [0.15, 0.2) is 53.4 Å². The van der Waals surface area contributed by atoms with E-state index in [2.05, 4.69) is 5.32 Å². The summed E-state index contributed by atoms with van der Waals surface area (Å²) in [5, 5.41) is 3.34. The first kappa shape index (κ1) is 23.3. The number of rotatable bonds is 9. The molecule has 0 bridgehead atoms. The molecule has 1 fully saturated rings. The number of hydrogen-bond acceptors (Lipinski definition) is 5. The van der Waals surface area contributed by atoms with Gasteiger partial charge >= 0.3 is 0 Å². The van der Waals surface area contributed by atoms with E-state index in [1.807, 2.05) is 42.5 Å². The average molecular weight is 475 g/mol. The van der Waals surface area contributed by atoms with Crippen LogP contribution in [0.5, 0.6) is 5.75 Å². The zero-order valence-electron chi connectivity index (χ0n) is 17.1. The molecule has 2 amide bonds. The lowest BCUT2D eigenvalue weighted by atomic mass is 10.1. The number of unbranched alkanes of at least 4 members (excludes halogenated alkanes) is 2. The normalized spacial score (nSPS) is 14.9. The number of carbonyl (C=O) groups excluding carboxylic acids is 2. The maximum Gasteiger partial charge on any atom is 0.266 e. The number of anilines is 1. The number of hydrogen-bond donors (Lipinski definition) is 1. The Morgan fingerprint density at radius 1 is 1.16 bits per heavy atom. The van der Waals surface area contributed by atoms with Gasteiger partial charge in [0.1, 0.15) is 10.1 Å². The van der Waals surface area contributed by atoms with Crippen LogP contribution in [0.3, 0.4) is 0 Å². The molecule has 0 saturated carbocycles. The molecular weight excluding hydrogens is 452 g/mol. The van der Waals surface area contributed by atoms with E-state index >= 15 is 0 Å². The highest BCUT2D eigenvalue weighted by Gasteiger charge is 2.31. The van der Waals surface area contributed by atoms with E-state index in [9.17, 15) is 9.59 Å². The van der Waals surface area contributed by atoms with Crippen molar-refractivity contribution in [3.05, 3.63) is 64.0 Å². The Kier molecular flexibility index (Phi) is 8.51. The molecule has 3 rings (SSSR count). The number of ether oxygens (including phenoxy) is 1. The predicted octanol–water partition coefficient (Wildman–Crippen LogP) is 5.75. The van der Waals surface area contributed by atoms with Crippen LogP contribution in [0.2, 0.25) is 5.02 Å². The van der Waals surface area contributed by atoms with E-state index in [0.29, 0.717) is 32.9 Å². The van der Waals surface area contributed by atoms with Crippen molar-refractivity contribution in [2.24, 2.45) is 0 Å². The molecule has 1 aliphatic rings. The van der Waals surface area contributed by atoms with E-state index in [4.69, 9.17) is 28.6 Å². The van der Waals surface area contributed by atoms with Crippen molar-refractivity contribution in [1.29, 1.82) is 0 Å². The summed E-state index contributed by atoms with van der Waals surface area (Å²) < 4.78 is 5.73. The molecule has 0 aliphatic carbocycles. The lowest BCUT2D eigenvalue weighted by molar-refractivity contribution is -0.122. The van der Waals surface area contributed by atoms with Crippen LogP contribution in [0.4, 0.5) is 5.69 Å². The van der Waals surface area contributed by atoms with Gasteiger partial charge in [-0.2, -0.15) is 0 Å². The fourth-order valence-corrected chi connectivity index (χ4v) is 4.54. The van der Waals surface area contributed by atoms with Gasteiger partial charge in [-0.15, -0.1) is 0 Å². The first-order valence-corrected chi connectivity index (χ1v) is 11.5. The summed E-state index contributed by atoms with van der Waals surface area (Å²) in [7, 11) is 1.62. The summed E-state index contributed by atoms with van der Waals surface area (Å²) in [4.78, 5) is 27.0. The van der Waals surface area contributed by atoms with E-state index < -0.39 is 0 Å². The van der Waals surface area contributed by atoms with Gasteiger partial charge in [0.05, 0.1) is 22.7 Å². The minimum Gasteiger partial charge on any atom is -0.497 e. The molecule has 0 atom stereocenters. The first-order valence-electron chi connectivity index (χ1n) is 9.92. The number of benzene rings is 2. The Morgan fingerprint density at radius 2 is 1.90 bits per heavy atom. The molecule has 2 aromatic carbocycles. The topological polar surface area (TPSA) is 58.6 Å². The predicted molar refractivity (Wildman–Crippen MR) is 131 cm³/mol. The number of carbonyl (C=O) groups is 2. The standard InChI is InChI=1S/C23H23ClN2O3S2/c1-29-17-12-10-16(11-13-17)15-20-22(28)26(23(30)31-20)14-6-2-3-9-21(27)25-19-8-5-4-7-18(19)24/h4-5,7-8,10-13,15H,2-3,6,9,14H2,1H3,(H,25,27)/b20-15-. The van der Waals surface area contributed by atoms with E-state index in [-0.39, 0.29) is 11.8 Å². The van der Waals surface area contributed by atoms with E-state index in [0.717, 1.165) is 30.6 Å². The molecule has 0 radical (unpaired) electrons. The van der Waals surface area contributed by atoms with Crippen molar-refractivity contribution in [3.8, 4) is 5.75 Å². The van der Waals surface area contributed by atoms with Gasteiger partial charge in [-0.1, -0.05) is 66.3 Å². The molecule has 1 saturated heterocycles. The minimum atomic E-state index is -0.0684. The highest BCUT2D eigenvalue weighted by atomic mass is 35.5. The van der Waals surface area contributed by atoms with Crippen molar-refractivity contribution in [2.45, 2.75) is 25.7 Å². The Balaban J connectivity index is 1.42. The van der Waals surface area contributed by atoms with Gasteiger partial charge in [0, 0.05) is 13.0 Å². The average Bonchev–Trinajstić information content (AvgIpc) is 3.03. The third-order valence-corrected chi connectivity index (χ3v) is 6.43. The Morgan fingerprint density at radius 3 is 2.61 bits per heavy atom. The first-order chi connectivity index (χ1) is 15.0. The number of thiocarbonyl (C=S) groups is 1. The summed E-state index contributed by atoms with van der Waals surface area (Å²) >= 11 is 12.8. The van der Waals surface area contributed by atoms with Gasteiger partial charge in [0.15, 0.2) is 0 Å². The van der Waals surface area contributed by atoms with Gasteiger partial charge in [-0.3, -0.25) is 14.5 Å². The van der Waals surface area contributed by atoms with E-state index in [1.165, 1.54) is 11.8 Å². The molecule has 5 nitrogen and oxygen atoms in total. The molecule has 31 heavy (non-hydrogen) atoms. The summed E-state index contributed by atoms with van der Waals surface area (Å²) in [6.07, 6.45) is 4.58. The molecule has 0 aromatic heterocycles. The Labute approximate surface area is 196 Å². The number of nitrogens with one attached hydrogen (secondary N) is 1. The molecule has 1 aliphatic heterocycles. The molecule has 1 heterocycles. The molecule has 162 valence electrons. The summed E-state index contributed by atoms with van der Waals surface area (Å²) in [5.74, 6) is 0.633. The van der Waals surface area contributed by atoms with Crippen LogP contribution in [0.25, 0.3) is 6.08 Å². The van der Waals surface area contributed by atoms with Gasteiger partial charge in [0.2, 0.25) is 5.91 Å². The summed E-state index contributed by atoms with van der Waals surface area (Å²) in [6, 6.07) is 14.7. The van der Waals surface area contributed by atoms with Crippen LogP contribution in [-0.4, -0.2) is 34.7 Å². The second kappa shape index (κ2) is 11.3. The zero-order valence-corrected chi connectivity index (χ0v) is 19.5. The second-order valence-corrected chi connectivity index (χ2v) is 9.03. The molecular formula is C23H23ClN2O3S2. The Bertz CT molecular complexity index is 993. The monoisotopic (exact) mass is 474 g/mol. The third kappa shape index (κ3) is 6.56. The lowest BCUT2D eigenvalue weighted by Gasteiger charge is -2.14. The SMILES string of the molecule is COc1ccc(/C=C2\SC(=S)N(CCCCCC(=O)Nc3ccccc3Cl)C2=O)cc1. The van der Waals surface area contributed by atoms with E-state index in [1.54, 1.807) is 24.1 Å². The number of nitrogens with zero attached hydrogens (tertiary/aromatic N) is 1. The van der Waals surface area contributed by atoms with Crippen LogP contribution in [-0.2, 0) is 9.59 Å². The van der Waals surface area contributed by atoms with Gasteiger partial charge < -0.3 is 10.1 Å². The number of thioether (sulfide) groups is 1. The lowest BCUT2D eigenvalue weighted by Crippen LogP contribution is -2.29. The molecule has 8 heteroatoms. The fourth-order valence-electron chi connectivity index (χ4n) is 3.05. The van der Waals surface area contributed by atoms with Gasteiger partial charge in [0.25, 0.3) is 5.91 Å². The summed E-state index contributed by atoms with van der Waals surface area (Å²) in [5.41, 5.74) is 1.54. The van der Waals surface area contributed by atoms with Crippen LogP contribution >= 0.6 is 35.6 Å². The molecule has 1 N–H and O–H groups in total. The number of amides is 2. The maximum absolute atomic E-state index is 12.7. The number of halogens is 1. The third-order valence-electron chi connectivity index (χ3n) is 4.72. The van der Waals surface area contributed by atoms with Crippen molar-refractivity contribution >= 4 is 63.5 Å². The second-order valence-electron chi connectivity index (χ2n) is 6.95. The number of para-hydroxylation sites is 1. The van der Waals surface area contributed by atoms with Crippen molar-refractivity contribution in [3.63, 3.8) is 0 Å². The molecule has 2 aromatic rings. The largest absolute Gasteiger partial charge is 0.497 e.